The van der Waals surface area contributed by atoms with E-state index in [1.807, 2.05) is 30.3 Å². The zero-order chi connectivity index (χ0) is 21.4. The van der Waals surface area contributed by atoms with Crippen LogP contribution in [0, 0.1) is 5.82 Å². The van der Waals surface area contributed by atoms with Gasteiger partial charge in [0.1, 0.15) is 0 Å². The van der Waals surface area contributed by atoms with Gasteiger partial charge in [-0.25, -0.2) is 14.1 Å². The molecule has 1 saturated carbocycles. The van der Waals surface area contributed by atoms with Crippen LogP contribution in [-0.2, 0) is 0 Å². The first-order valence-electron chi connectivity index (χ1n) is 9.76. The monoisotopic (exact) mass is 435 g/mol. The average Bonchev–Trinajstić information content (AvgIpc) is 3.35. The molecule has 2 aromatic carbocycles. The Balaban J connectivity index is 1.39. The van der Waals surface area contributed by atoms with Crippen LogP contribution in [0.5, 0.6) is 5.75 Å². The molecule has 1 amide bonds. The molecule has 31 heavy (non-hydrogen) atoms. The van der Waals surface area contributed by atoms with Gasteiger partial charge in [-0.15, -0.1) is 16.4 Å². The number of carbonyl (C=O) groups is 1. The van der Waals surface area contributed by atoms with E-state index in [2.05, 4.69) is 20.6 Å². The van der Waals surface area contributed by atoms with E-state index in [-0.39, 0.29) is 17.6 Å². The van der Waals surface area contributed by atoms with Crippen molar-refractivity contribution in [2.45, 2.75) is 18.8 Å². The molecule has 0 aliphatic heterocycles. The van der Waals surface area contributed by atoms with Crippen molar-refractivity contribution in [2.24, 2.45) is 0 Å². The van der Waals surface area contributed by atoms with Gasteiger partial charge in [-0.05, 0) is 43.2 Å². The van der Waals surface area contributed by atoms with Crippen LogP contribution in [0.1, 0.15) is 34.9 Å². The number of methoxy groups -OCH3 is 1. The minimum atomic E-state index is -0.467. The van der Waals surface area contributed by atoms with Crippen molar-refractivity contribution in [3.05, 3.63) is 71.1 Å². The number of hydrogen-bond acceptors (Lipinski definition) is 6. The molecule has 4 aromatic rings. The van der Waals surface area contributed by atoms with Gasteiger partial charge in [-0.1, -0.05) is 23.4 Å². The summed E-state index contributed by atoms with van der Waals surface area (Å²) >= 11 is 1.26. The molecule has 1 N–H and O–H groups in total. The number of aromatic nitrogens is 4. The van der Waals surface area contributed by atoms with Crippen LogP contribution in [0.15, 0.2) is 53.9 Å². The van der Waals surface area contributed by atoms with E-state index < -0.39 is 5.82 Å². The highest BCUT2D eigenvalue weighted by Gasteiger charge is 2.34. The predicted molar refractivity (Wildman–Crippen MR) is 115 cm³/mol. The second-order valence-corrected chi connectivity index (χ2v) is 8.04. The third-order valence-corrected chi connectivity index (χ3v) is 5.81. The molecule has 1 aliphatic carbocycles. The minimum Gasteiger partial charge on any atom is -0.494 e. The highest BCUT2D eigenvalue weighted by atomic mass is 32.1. The summed E-state index contributed by atoms with van der Waals surface area (Å²) in [5, 5.41) is 13.4. The van der Waals surface area contributed by atoms with E-state index in [4.69, 9.17) is 4.74 Å². The fourth-order valence-corrected chi connectivity index (χ4v) is 4.09. The maximum Gasteiger partial charge on any atom is 0.279 e. The molecule has 0 saturated heterocycles. The van der Waals surface area contributed by atoms with E-state index in [1.165, 1.54) is 24.5 Å². The third-order valence-electron chi connectivity index (χ3n) is 5.06. The highest BCUT2D eigenvalue weighted by molar-refractivity contribution is 7.14. The molecule has 9 heteroatoms. The molecule has 2 heterocycles. The Morgan fingerprint density at radius 1 is 1.23 bits per heavy atom. The third kappa shape index (κ3) is 3.79. The number of benzene rings is 2. The van der Waals surface area contributed by atoms with Gasteiger partial charge in [-0.3, -0.25) is 10.1 Å². The van der Waals surface area contributed by atoms with Gasteiger partial charge >= 0.3 is 0 Å². The second kappa shape index (κ2) is 7.92. The number of nitrogens with zero attached hydrogens (tertiary/aromatic N) is 4. The summed E-state index contributed by atoms with van der Waals surface area (Å²) in [7, 11) is 1.42. The Kier molecular flexibility index (Phi) is 4.95. The first-order valence-corrected chi connectivity index (χ1v) is 10.6. The number of nitrogens with one attached hydrogen (secondary N) is 1. The largest absolute Gasteiger partial charge is 0.494 e. The van der Waals surface area contributed by atoms with Gasteiger partial charge in [0.05, 0.1) is 24.2 Å². The summed E-state index contributed by atoms with van der Waals surface area (Å²) in [6.45, 7) is 0. The maximum absolute atomic E-state index is 14.0. The summed E-state index contributed by atoms with van der Waals surface area (Å²) in [6.07, 6.45) is 2.01. The number of para-hydroxylation sites is 1. The lowest BCUT2D eigenvalue weighted by molar-refractivity contribution is 0.102. The standard InChI is InChI=1S/C22H18FN5O2S/c1-30-18-10-9-14(11-16(18)23)17-12-31-22(24-17)25-21(29)19-20(13-7-8-13)28(27-26-19)15-5-3-2-4-6-15/h2-6,9-13H,7-8H2,1H3,(H,24,25,29). The molecule has 0 atom stereocenters. The normalized spacial score (nSPS) is 13.2. The Morgan fingerprint density at radius 2 is 2.03 bits per heavy atom. The first kappa shape index (κ1) is 19.4. The number of ether oxygens (including phenoxy) is 1. The summed E-state index contributed by atoms with van der Waals surface area (Å²) < 4.78 is 20.7. The van der Waals surface area contributed by atoms with Crippen molar-refractivity contribution >= 4 is 22.4 Å². The van der Waals surface area contributed by atoms with Crippen molar-refractivity contribution in [3.8, 4) is 22.7 Å². The molecule has 1 aliphatic rings. The number of anilines is 1. The van der Waals surface area contributed by atoms with Crippen LogP contribution in [0.3, 0.4) is 0 Å². The Labute approximate surface area is 181 Å². The predicted octanol–water partition coefficient (Wildman–Crippen LogP) is 4.67. The molecular weight excluding hydrogens is 417 g/mol. The smallest absolute Gasteiger partial charge is 0.279 e. The molecule has 0 radical (unpaired) electrons. The lowest BCUT2D eigenvalue weighted by Crippen LogP contribution is -2.15. The van der Waals surface area contributed by atoms with Crippen molar-refractivity contribution in [1.82, 2.24) is 20.0 Å². The van der Waals surface area contributed by atoms with E-state index >= 15 is 0 Å². The quantitative estimate of drug-likeness (QED) is 0.476. The molecule has 5 rings (SSSR count). The summed E-state index contributed by atoms with van der Waals surface area (Å²) in [4.78, 5) is 17.4. The molecular formula is C22H18FN5O2S. The zero-order valence-electron chi connectivity index (χ0n) is 16.6. The van der Waals surface area contributed by atoms with Crippen molar-refractivity contribution in [3.63, 3.8) is 0 Å². The van der Waals surface area contributed by atoms with Gasteiger partial charge in [0.15, 0.2) is 22.4 Å². The van der Waals surface area contributed by atoms with E-state index in [0.717, 1.165) is 24.2 Å². The van der Waals surface area contributed by atoms with Gasteiger partial charge < -0.3 is 4.74 Å². The maximum atomic E-state index is 14.0. The van der Waals surface area contributed by atoms with E-state index in [1.54, 1.807) is 22.2 Å². The molecule has 0 bridgehead atoms. The molecule has 156 valence electrons. The molecule has 7 nitrogen and oxygen atoms in total. The number of rotatable bonds is 6. The minimum absolute atomic E-state index is 0.168. The number of hydrogen-bond donors (Lipinski definition) is 1. The Hall–Kier alpha value is -3.59. The van der Waals surface area contributed by atoms with Gasteiger partial charge in [0.25, 0.3) is 5.91 Å². The van der Waals surface area contributed by atoms with E-state index in [9.17, 15) is 9.18 Å². The number of halogens is 1. The van der Waals surface area contributed by atoms with Gasteiger partial charge in [0, 0.05) is 16.9 Å². The van der Waals surface area contributed by atoms with Crippen molar-refractivity contribution < 1.29 is 13.9 Å². The highest BCUT2D eigenvalue weighted by Crippen LogP contribution is 2.42. The average molecular weight is 435 g/mol. The lowest BCUT2D eigenvalue weighted by Gasteiger charge is -2.06. The van der Waals surface area contributed by atoms with Crippen LogP contribution < -0.4 is 10.1 Å². The molecule has 1 fully saturated rings. The Bertz CT molecular complexity index is 1250. The van der Waals surface area contributed by atoms with Crippen LogP contribution in [-0.4, -0.2) is 33.0 Å². The van der Waals surface area contributed by atoms with Crippen LogP contribution in [0.4, 0.5) is 9.52 Å². The topological polar surface area (TPSA) is 81.9 Å². The van der Waals surface area contributed by atoms with Crippen LogP contribution >= 0.6 is 11.3 Å². The molecule has 0 spiro atoms. The summed E-state index contributed by atoms with van der Waals surface area (Å²) in [5.41, 5.74) is 3.16. The number of thiazole rings is 1. The van der Waals surface area contributed by atoms with Crippen LogP contribution in [0.25, 0.3) is 16.9 Å². The lowest BCUT2D eigenvalue weighted by atomic mass is 10.1. The second-order valence-electron chi connectivity index (χ2n) is 7.19. The molecule has 2 aromatic heterocycles. The molecule has 0 unspecified atom stereocenters. The fraction of sp³-hybridized carbons (Fsp3) is 0.182. The fourth-order valence-electron chi connectivity index (χ4n) is 3.38. The number of carbonyl (C=O) groups excluding carboxylic acids is 1. The van der Waals surface area contributed by atoms with Crippen molar-refractivity contribution in [2.75, 3.05) is 12.4 Å². The van der Waals surface area contributed by atoms with Crippen molar-refractivity contribution in [1.29, 1.82) is 0 Å². The van der Waals surface area contributed by atoms with Crippen LogP contribution in [0.2, 0.25) is 0 Å². The summed E-state index contributed by atoms with van der Waals surface area (Å²) in [5.74, 6) is -0.386. The Morgan fingerprint density at radius 3 is 2.74 bits per heavy atom. The van der Waals surface area contributed by atoms with E-state index in [0.29, 0.717) is 22.1 Å². The van der Waals surface area contributed by atoms with Gasteiger partial charge in [-0.2, -0.15) is 0 Å². The SMILES string of the molecule is COc1ccc(-c2csc(NC(=O)c3nnn(-c4ccccc4)c3C3CC3)n2)cc1F. The van der Waals surface area contributed by atoms with Gasteiger partial charge in [0.2, 0.25) is 0 Å². The first-order chi connectivity index (χ1) is 15.1. The zero-order valence-corrected chi connectivity index (χ0v) is 17.4. The number of amides is 1. The summed E-state index contributed by atoms with van der Waals surface area (Å²) in [6, 6.07) is 14.3.